The number of hydrogen-bond donors (Lipinski definition) is 0. The van der Waals surface area contributed by atoms with Gasteiger partial charge in [0.05, 0.1) is 12.7 Å². The second kappa shape index (κ2) is 5.43. The van der Waals surface area contributed by atoms with Gasteiger partial charge in [0.25, 0.3) is 0 Å². The van der Waals surface area contributed by atoms with Gasteiger partial charge in [0.1, 0.15) is 5.75 Å². The lowest BCUT2D eigenvalue weighted by Crippen LogP contribution is -2.20. The first-order chi connectivity index (χ1) is 8.58. The number of alkyl halides is 7. The van der Waals surface area contributed by atoms with Gasteiger partial charge in [0.2, 0.25) is 5.88 Å². The second-order valence-corrected chi connectivity index (χ2v) is 3.73. The quantitative estimate of drug-likeness (QED) is 0.610. The lowest BCUT2D eigenvalue weighted by molar-refractivity contribution is -0.276. The molecule has 19 heavy (non-hydrogen) atoms. The summed E-state index contributed by atoms with van der Waals surface area (Å²) in [6.07, 6.45) is -10.1. The molecule has 3 nitrogen and oxygen atoms in total. The molecule has 0 N–H and O–H groups in total. The van der Waals surface area contributed by atoms with Crippen LogP contribution in [-0.2, 0) is 11.5 Å². The minimum atomic E-state index is -5.15. The highest BCUT2D eigenvalue weighted by Crippen LogP contribution is 2.38. The molecule has 0 aliphatic rings. The molecule has 0 saturated heterocycles. The van der Waals surface area contributed by atoms with Crippen LogP contribution in [0.15, 0.2) is 6.07 Å². The fourth-order valence-corrected chi connectivity index (χ4v) is 1.69. The van der Waals surface area contributed by atoms with E-state index in [0.29, 0.717) is 6.07 Å². The summed E-state index contributed by atoms with van der Waals surface area (Å²) in [5, 5.41) is -0.216. The van der Waals surface area contributed by atoms with E-state index in [2.05, 4.69) is 30.4 Å². The smallest absolute Gasteiger partial charge is 0.496 e. The van der Waals surface area contributed by atoms with Crippen molar-refractivity contribution in [1.29, 1.82) is 0 Å². The maximum atomic E-state index is 12.5. The third-order valence-electron chi connectivity index (χ3n) is 1.90. The van der Waals surface area contributed by atoms with Crippen LogP contribution in [0.1, 0.15) is 11.3 Å². The van der Waals surface area contributed by atoms with Gasteiger partial charge in [0.15, 0.2) is 5.69 Å². The minimum Gasteiger partial charge on any atom is -0.496 e. The van der Waals surface area contributed by atoms with Crippen molar-refractivity contribution in [2.75, 3.05) is 7.11 Å². The molecule has 0 aliphatic heterocycles. The zero-order valence-electron chi connectivity index (χ0n) is 9.19. The van der Waals surface area contributed by atoms with E-state index in [4.69, 9.17) is 0 Å². The van der Waals surface area contributed by atoms with Gasteiger partial charge in [-0.15, -0.1) is 13.2 Å². The summed E-state index contributed by atoms with van der Waals surface area (Å²) in [5.41, 5.74) is -1.80. The van der Waals surface area contributed by atoms with Gasteiger partial charge in [-0.3, -0.25) is 0 Å². The van der Waals surface area contributed by atoms with E-state index in [1.807, 2.05) is 0 Å². The number of ether oxygens (including phenoxy) is 2. The van der Waals surface area contributed by atoms with Crippen LogP contribution in [0, 0.1) is 0 Å². The van der Waals surface area contributed by atoms with E-state index in [1.54, 1.807) is 0 Å². The summed E-state index contributed by atoms with van der Waals surface area (Å²) in [5.74, 6) is -1.60. The van der Waals surface area contributed by atoms with Crippen LogP contribution >= 0.6 is 15.9 Å². The van der Waals surface area contributed by atoms with E-state index in [9.17, 15) is 26.3 Å². The molecular weight excluding hydrogens is 348 g/mol. The topological polar surface area (TPSA) is 31.4 Å². The molecule has 0 atom stereocenters. The van der Waals surface area contributed by atoms with Crippen LogP contribution in [-0.4, -0.2) is 18.5 Å². The summed E-state index contributed by atoms with van der Waals surface area (Å²) in [7, 11) is 1.03. The molecule has 0 saturated carbocycles. The molecule has 1 aromatic rings. The van der Waals surface area contributed by atoms with Gasteiger partial charge in [-0.1, -0.05) is 15.9 Å². The zero-order valence-corrected chi connectivity index (χ0v) is 10.8. The first-order valence-corrected chi connectivity index (χ1v) is 5.67. The van der Waals surface area contributed by atoms with Crippen molar-refractivity contribution in [3.05, 3.63) is 17.3 Å². The molecule has 0 unspecified atom stereocenters. The molecule has 1 aromatic heterocycles. The van der Waals surface area contributed by atoms with Crippen molar-refractivity contribution in [1.82, 2.24) is 4.98 Å². The van der Waals surface area contributed by atoms with Crippen LogP contribution in [0.25, 0.3) is 0 Å². The zero-order chi connectivity index (χ0) is 14.8. The summed E-state index contributed by atoms with van der Waals surface area (Å²) < 4.78 is 81.9. The normalized spacial score (nSPS) is 12.4. The van der Waals surface area contributed by atoms with Gasteiger partial charge in [-0.25, -0.2) is 4.98 Å². The third kappa shape index (κ3) is 4.15. The predicted octanol–water partition coefficient (Wildman–Crippen LogP) is 3.90. The van der Waals surface area contributed by atoms with E-state index < -0.39 is 29.9 Å². The first kappa shape index (κ1) is 15.9. The first-order valence-electron chi connectivity index (χ1n) is 4.55. The Balaban J connectivity index is 3.40. The predicted molar refractivity (Wildman–Crippen MR) is 55.1 cm³/mol. The molecule has 1 rings (SSSR count). The van der Waals surface area contributed by atoms with E-state index >= 15 is 0 Å². The van der Waals surface area contributed by atoms with Gasteiger partial charge < -0.3 is 9.47 Å². The highest BCUT2D eigenvalue weighted by molar-refractivity contribution is 9.08. The summed E-state index contributed by atoms with van der Waals surface area (Å²) in [6.45, 7) is 0. The van der Waals surface area contributed by atoms with Crippen LogP contribution in [0.4, 0.5) is 26.3 Å². The highest BCUT2D eigenvalue weighted by atomic mass is 79.9. The van der Waals surface area contributed by atoms with Gasteiger partial charge >= 0.3 is 12.5 Å². The van der Waals surface area contributed by atoms with Crippen LogP contribution in [0.3, 0.4) is 0 Å². The Morgan fingerprint density at radius 3 is 2.16 bits per heavy atom. The number of halogens is 7. The molecule has 10 heteroatoms. The SMILES string of the molecule is COc1cc(C(F)(F)F)nc(OC(F)(F)F)c1CBr. The van der Waals surface area contributed by atoms with Crippen molar-refractivity contribution in [2.24, 2.45) is 0 Å². The summed E-state index contributed by atoms with van der Waals surface area (Å²) in [4.78, 5) is 2.83. The molecule has 108 valence electrons. The Morgan fingerprint density at radius 1 is 1.21 bits per heavy atom. The Kier molecular flexibility index (Phi) is 4.54. The van der Waals surface area contributed by atoms with E-state index in [0.717, 1.165) is 7.11 Å². The van der Waals surface area contributed by atoms with E-state index in [1.165, 1.54) is 0 Å². The number of methoxy groups -OCH3 is 1. The Labute approximate surface area is 111 Å². The maximum absolute atomic E-state index is 12.5. The monoisotopic (exact) mass is 353 g/mol. The van der Waals surface area contributed by atoms with Crippen molar-refractivity contribution >= 4 is 15.9 Å². The average Bonchev–Trinajstić information content (AvgIpc) is 2.24. The summed E-state index contributed by atoms with van der Waals surface area (Å²) >= 11 is 2.83. The maximum Gasteiger partial charge on any atom is 0.574 e. The molecule has 0 aliphatic carbocycles. The standard InChI is InChI=1S/C9H6BrF6NO2/c1-18-5-2-6(8(11,12)13)17-7(4(5)3-10)19-9(14,15)16/h2H,3H2,1H3. The highest BCUT2D eigenvalue weighted by Gasteiger charge is 2.38. The fourth-order valence-electron chi connectivity index (χ4n) is 1.17. The summed E-state index contributed by atoms with van der Waals surface area (Å²) in [6, 6.07) is 0.500. The Bertz CT molecular complexity index is 459. The molecule has 0 radical (unpaired) electrons. The lowest BCUT2D eigenvalue weighted by Gasteiger charge is -2.16. The molecule has 0 aromatic carbocycles. The molecule has 0 fully saturated rings. The van der Waals surface area contributed by atoms with Crippen LogP contribution < -0.4 is 9.47 Å². The second-order valence-electron chi connectivity index (χ2n) is 3.17. The third-order valence-corrected chi connectivity index (χ3v) is 2.46. The van der Waals surface area contributed by atoms with Gasteiger partial charge in [-0.05, 0) is 0 Å². The number of rotatable bonds is 3. The average molecular weight is 354 g/mol. The van der Waals surface area contributed by atoms with E-state index in [-0.39, 0.29) is 10.9 Å². The number of aromatic nitrogens is 1. The van der Waals surface area contributed by atoms with Crippen molar-refractivity contribution in [3.8, 4) is 11.6 Å². The van der Waals surface area contributed by atoms with Crippen molar-refractivity contribution < 1.29 is 35.8 Å². The molecular formula is C9H6BrF6NO2. The van der Waals surface area contributed by atoms with Crippen molar-refractivity contribution in [3.63, 3.8) is 0 Å². The Morgan fingerprint density at radius 2 is 1.79 bits per heavy atom. The lowest BCUT2D eigenvalue weighted by atomic mass is 10.2. The number of nitrogens with zero attached hydrogens (tertiary/aromatic N) is 1. The van der Waals surface area contributed by atoms with Crippen LogP contribution in [0.2, 0.25) is 0 Å². The Hall–Kier alpha value is -1.19. The molecule has 0 amide bonds. The number of hydrogen-bond acceptors (Lipinski definition) is 3. The molecule has 0 bridgehead atoms. The van der Waals surface area contributed by atoms with Crippen molar-refractivity contribution in [2.45, 2.75) is 17.9 Å². The largest absolute Gasteiger partial charge is 0.574 e. The van der Waals surface area contributed by atoms with Crippen LogP contribution in [0.5, 0.6) is 11.6 Å². The van der Waals surface area contributed by atoms with Gasteiger partial charge in [-0.2, -0.15) is 13.2 Å². The van der Waals surface area contributed by atoms with Gasteiger partial charge in [0, 0.05) is 11.4 Å². The fraction of sp³-hybridized carbons (Fsp3) is 0.444. The molecule has 1 heterocycles. The molecule has 0 spiro atoms. The number of pyridine rings is 1. The minimum absolute atomic E-state index is 0.216.